The van der Waals surface area contributed by atoms with Crippen LogP contribution in [0, 0.1) is 0 Å². The highest BCUT2D eigenvalue weighted by atomic mass is 19.4. The minimum absolute atomic E-state index is 0.763. The Morgan fingerprint density at radius 2 is 1.13 bits per heavy atom. The summed E-state index contributed by atoms with van der Waals surface area (Å²) in [6, 6.07) is 0. The van der Waals surface area contributed by atoms with Crippen LogP contribution in [0.4, 0.5) is 39.5 Å². The van der Waals surface area contributed by atoms with E-state index in [0.29, 0.717) is 0 Å². The fraction of sp³-hybridized carbons (Fsp3) is 0.667. The average Bonchev–Trinajstić information content (AvgIpc) is 1.95. The summed E-state index contributed by atoms with van der Waals surface area (Å²) in [7, 11) is 0. The van der Waals surface area contributed by atoms with Gasteiger partial charge in [-0.3, -0.25) is 0 Å². The Morgan fingerprint density at radius 1 is 0.800 bits per heavy atom. The van der Waals surface area contributed by atoms with Gasteiger partial charge in [0.15, 0.2) is 0 Å². The zero-order valence-corrected chi connectivity index (χ0v) is 6.69. The highest BCUT2D eigenvalue weighted by Gasteiger charge is 2.71. The van der Waals surface area contributed by atoms with Crippen molar-refractivity contribution < 1.29 is 39.5 Å². The van der Waals surface area contributed by atoms with Crippen LogP contribution in [-0.2, 0) is 0 Å². The molecular weight excluding hydrogens is 243 g/mol. The molecule has 0 saturated heterocycles. The van der Waals surface area contributed by atoms with E-state index in [1.807, 2.05) is 0 Å². The van der Waals surface area contributed by atoms with Crippen LogP contribution in [0.2, 0.25) is 0 Å². The van der Waals surface area contributed by atoms with Crippen molar-refractivity contribution in [3.63, 3.8) is 0 Å². The van der Waals surface area contributed by atoms with E-state index in [-0.39, 0.29) is 0 Å². The van der Waals surface area contributed by atoms with E-state index in [1.54, 1.807) is 0 Å². The number of halogens is 9. The van der Waals surface area contributed by atoms with Gasteiger partial charge in [-0.1, -0.05) is 0 Å². The van der Waals surface area contributed by atoms with Gasteiger partial charge in [0.25, 0.3) is 6.08 Å². The molecule has 0 fully saturated rings. The molecule has 0 unspecified atom stereocenters. The normalized spacial score (nSPS) is 13.9. The standard InChI is InChI=1S/C6H3F9/c7-3(8)1-2-4(9,5(10,11)12)6(13,14)15/h1H,2H2. The first kappa shape index (κ1) is 14.1. The second kappa shape index (κ2) is 3.93. The zero-order valence-electron chi connectivity index (χ0n) is 6.69. The molecule has 0 amide bonds. The van der Waals surface area contributed by atoms with Gasteiger partial charge in [0, 0.05) is 6.42 Å². The largest absolute Gasteiger partial charge is 0.431 e. The molecule has 0 nitrogen and oxygen atoms in total. The van der Waals surface area contributed by atoms with E-state index in [9.17, 15) is 39.5 Å². The molecule has 0 N–H and O–H groups in total. The number of hydrogen-bond donors (Lipinski definition) is 0. The predicted molar refractivity (Wildman–Crippen MR) is 30.9 cm³/mol. The van der Waals surface area contributed by atoms with Crippen molar-refractivity contribution in [1.82, 2.24) is 0 Å². The minimum atomic E-state index is -6.29. The van der Waals surface area contributed by atoms with Crippen molar-refractivity contribution >= 4 is 0 Å². The molecule has 15 heavy (non-hydrogen) atoms. The molecule has 0 bridgehead atoms. The molecule has 0 aromatic carbocycles. The summed E-state index contributed by atoms with van der Waals surface area (Å²) in [5, 5.41) is 0. The molecule has 0 aromatic heterocycles. The van der Waals surface area contributed by atoms with Gasteiger partial charge in [0.1, 0.15) is 0 Å². The van der Waals surface area contributed by atoms with Crippen molar-refractivity contribution in [2.45, 2.75) is 24.4 Å². The lowest BCUT2D eigenvalue weighted by atomic mass is 10.0. The summed E-state index contributed by atoms with van der Waals surface area (Å²) in [5.41, 5.74) is -5.65. The Bertz CT molecular complexity index is 226. The molecule has 0 aliphatic carbocycles. The lowest BCUT2D eigenvalue weighted by Crippen LogP contribution is -2.52. The van der Waals surface area contributed by atoms with Gasteiger partial charge in [-0.25, -0.2) is 4.39 Å². The summed E-state index contributed by atoms with van der Waals surface area (Å²) in [6.07, 6.45) is -18.7. The van der Waals surface area contributed by atoms with E-state index in [2.05, 4.69) is 0 Å². The predicted octanol–water partition coefficient (Wildman–Crippen LogP) is 3.99. The van der Waals surface area contributed by atoms with Crippen LogP contribution in [-0.4, -0.2) is 18.0 Å². The number of rotatable bonds is 2. The van der Waals surface area contributed by atoms with Crippen molar-refractivity contribution in [3.8, 4) is 0 Å². The van der Waals surface area contributed by atoms with Gasteiger partial charge in [-0.2, -0.15) is 35.1 Å². The fourth-order valence-electron chi connectivity index (χ4n) is 0.610. The topological polar surface area (TPSA) is 0 Å². The molecular formula is C6H3F9. The summed E-state index contributed by atoms with van der Waals surface area (Å²) >= 11 is 0. The maximum atomic E-state index is 12.5. The van der Waals surface area contributed by atoms with Gasteiger partial charge in [-0.15, -0.1) is 0 Å². The van der Waals surface area contributed by atoms with Crippen LogP contribution < -0.4 is 0 Å². The summed E-state index contributed by atoms with van der Waals surface area (Å²) in [4.78, 5) is 0. The molecule has 0 radical (unpaired) electrons. The molecule has 0 rings (SSSR count). The number of allylic oxidation sites excluding steroid dienone is 1. The molecule has 0 atom stereocenters. The smallest absolute Gasteiger partial charge is 0.223 e. The van der Waals surface area contributed by atoms with Gasteiger partial charge in [-0.05, 0) is 6.08 Å². The molecule has 0 aliphatic rings. The minimum Gasteiger partial charge on any atom is -0.223 e. The Kier molecular flexibility index (Phi) is 3.70. The molecule has 90 valence electrons. The SMILES string of the molecule is FC(F)=CCC(F)(C(F)(F)F)C(F)(F)F. The Hall–Kier alpha value is -0.890. The van der Waals surface area contributed by atoms with E-state index < -0.39 is 36.6 Å². The van der Waals surface area contributed by atoms with Crippen LogP contribution in [0.15, 0.2) is 12.2 Å². The second-order valence-corrected chi connectivity index (χ2v) is 2.49. The molecule has 0 aliphatic heterocycles. The second-order valence-electron chi connectivity index (χ2n) is 2.49. The van der Waals surface area contributed by atoms with Gasteiger partial charge < -0.3 is 0 Å². The Morgan fingerprint density at radius 3 is 1.33 bits per heavy atom. The van der Waals surface area contributed by atoms with Crippen LogP contribution in [0.1, 0.15) is 6.42 Å². The summed E-state index contributed by atoms with van der Waals surface area (Å²) in [5.74, 6) is 0. The van der Waals surface area contributed by atoms with Crippen molar-refractivity contribution in [2.75, 3.05) is 0 Å². The van der Waals surface area contributed by atoms with E-state index in [1.165, 1.54) is 0 Å². The maximum absolute atomic E-state index is 12.5. The maximum Gasteiger partial charge on any atom is 0.431 e. The Labute approximate surface area is 77.4 Å². The molecule has 0 aromatic rings. The summed E-state index contributed by atoms with van der Waals surface area (Å²) < 4.78 is 105. The van der Waals surface area contributed by atoms with Crippen LogP contribution in [0.3, 0.4) is 0 Å². The van der Waals surface area contributed by atoms with Crippen molar-refractivity contribution in [2.24, 2.45) is 0 Å². The average molecular weight is 246 g/mol. The number of alkyl halides is 7. The molecule has 0 saturated carbocycles. The van der Waals surface area contributed by atoms with Gasteiger partial charge >= 0.3 is 18.0 Å². The van der Waals surface area contributed by atoms with E-state index >= 15 is 0 Å². The van der Waals surface area contributed by atoms with Crippen LogP contribution in [0.5, 0.6) is 0 Å². The highest BCUT2D eigenvalue weighted by molar-refractivity contribution is 5.01. The fourth-order valence-corrected chi connectivity index (χ4v) is 0.610. The quantitative estimate of drug-likeness (QED) is 0.646. The van der Waals surface area contributed by atoms with Crippen molar-refractivity contribution in [1.29, 1.82) is 0 Å². The van der Waals surface area contributed by atoms with Gasteiger partial charge in [0.2, 0.25) is 0 Å². The van der Waals surface area contributed by atoms with Gasteiger partial charge in [0.05, 0.1) is 0 Å². The lowest BCUT2D eigenvalue weighted by molar-refractivity contribution is -0.340. The lowest BCUT2D eigenvalue weighted by Gasteiger charge is -2.28. The van der Waals surface area contributed by atoms with Crippen LogP contribution in [0.25, 0.3) is 0 Å². The molecule has 0 heterocycles. The first-order valence-electron chi connectivity index (χ1n) is 3.25. The zero-order chi connectivity index (χ0) is 12.5. The highest BCUT2D eigenvalue weighted by Crippen LogP contribution is 2.48. The van der Waals surface area contributed by atoms with E-state index in [4.69, 9.17) is 0 Å². The number of hydrogen-bond acceptors (Lipinski definition) is 0. The third kappa shape index (κ3) is 3.03. The first-order chi connectivity index (χ1) is 6.42. The van der Waals surface area contributed by atoms with Crippen molar-refractivity contribution in [3.05, 3.63) is 12.2 Å². The first-order valence-corrected chi connectivity index (χ1v) is 3.25. The Balaban J connectivity index is 5.16. The monoisotopic (exact) mass is 246 g/mol. The molecule has 9 heteroatoms. The summed E-state index contributed by atoms with van der Waals surface area (Å²) in [6.45, 7) is 0. The third-order valence-corrected chi connectivity index (χ3v) is 1.44. The van der Waals surface area contributed by atoms with E-state index in [0.717, 1.165) is 0 Å². The van der Waals surface area contributed by atoms with Crippen LogP contribution >= 0.6 is 0 Å². The molecule has 0 spiro atoms. The third-order valence-electron chi connectivity index (χ3n) is 1.44.